The van der Waals surface area contributed by atoms with Crippen LogP contribution >= 0.6 is 11.6 Å². The Labute approximate surface area is 268 Å². The lowest BCUT2D eigenvalue weighted by Crippen LogP contribution is -2.53. The highest BCUT2D eigenvalue weighted by Crippen LogP contribution is 2.27. The molecule has 0 aliphatic rings. The number of rotatable bonds is 14. The van der Waals surface area contributed by atoms with Crippen LogP contribution in [0, 0.1) is 5.82 Å². The number of nitrogens with zero attached hydrogens (tertiary/aromatic N) is 2. The first-order chi connectivity index (χ1) is 21.6. The summed E-state index contributed by atoms with van der Waals surface area (Å²) in [6.07, 6.45) is 0.194. The van der Waals surface area contributed by atoms with E-state index in [1.807, 2.05) is 37.3 Å². The Bertz CT molecular complexity index is 1670. The largest absolute Gasteiger partial charge is 0.494 e. The molecule has 0 aliphatic heterocycles. The highest BCUT2D eigenvalue weighted by atomic mass is 35.5. The molecule has 0 saturated heterocycles. The first-order valence-electron chi connectivity index (χ1n) is 14.5. The van der Waals surface area contributed by atoms with Crippen molar-refractivity contribution in [3.63, 3.8) is 0 Å². The van der Waals surface area contributed by atoms with E-state index < -0.39 is 34.3 Å². The van der Waals surface area contributed by atoms with E-state index in [-0.39, 0.29) is 29.5 Å². The molecule has 4 rings (SSSR count). The number of nitrogens with one attached hydrogen (secondary N) is 1. The highest BCUT2D eigenvalue weighted by Gasteiger charge is 2.34. The molecule has 11 heteroatoms. The van der Waals surface area contributed by atoms with Crippen molar-refractivity contribution in [2.75, 3.05) is 24.0 Å². The number of amides is 2. The van der Waals surface area contributed by atoms with Gasteiger partial charge in [0.2, 0.25) is 11.8 Å². The molecule has 0 heterocycles. The summed E-state index contributed by atoms with van der Waals surface area (Å²) in [5.74, 6) is -1.07. The van der Waals surface area contributed by atoms with E-state index in [1.165, 1.54) is 17.0 Å². The van der Waals surface area contributed by atoms with Gasteiger partial charge in [0.15, 0.2) is 0 Å². The minimum Gasteiger partial charge on any atom is -0.494 e. The molecule has 0 unspecified atom stereocenters. The van der Waals surface area contributed by atoms with Gasteiger partial charge in [-0.2, -0.15) is 0 Å². The number of halogens is 2. The minimum atomic E-state index is -4.36. The van der Waals surface area contributed by atoms with Gasteiger partial charge in [-0.15, -0.1) is 0 Å². The second-order valence-electron chi connectivity index (χ2n) is 10.1. The third kappa shape index (κ3) is 8.83. The summed E-state index contributed by atoms with van der Waals surface area (Å²) in [7, 11) is -4.36. The molecule has 0 saturated carbocycles. The van der Waals surface area contributed by atoms with E-state index in [0.29, 0.717) is 29.5 Å². The first kappa shape index (κ1) is 33.5. The van der Waals surface area contributed by atoms with E-state index >= 15 is 0 Å². The lowest BCUT2D eigenvalue weighted by atomic mass is 10.0. The van der Waals surface area contributed by atoms with Crippen molar-refractivity contribution < 1.29 is 27.1 Å². The van der Waals surface area contributed by atoms with Crippen molar-refractivity contribution in [3.8, 4) is 5.75 Å². The smallest absolute Gasteiger partial charge is 0.264 e. The van der Waals surface area contributed by atoms with Gasteiger partial charge in [-0.25, -0.2) is 12.8 Å². The van der Waals surface area contributed by atoms with Crippen molar-refractivity contribution in [1.82, 2.24) is 10.2 Å². The topological polar surface area (TPSA) is 96.0 Å². The number of carbonyl (C=O) groups is 2. The summed E-state index contributed by atoms with van der Waals surface area (Å²) in [6, 6.07) is 25.8. The van der Waals surface area contributed by atoms with Gasteiger partial charge in [0, 0.05) is 24.5 Å². The molecule has 0 radical (unpaired) electrons. The lowest BCUT2D eigenvalue weighted by molar-refractivity contribution is -0.140. The van der Waals surface area contributed by atoms with Crippen LogP contribution in [0.25, 0.3) is 0 Å². The molecular formula is C34H35ClFN3O5S. The Balaban J connectivity index is 1.79. The molecule has 0 fully saturated rings. The number of benzene rings is 4. The molecule has 1 N–H and O–H groups in total. The average molecular weight is 652 g/mol. The standard InChI is InChI=1S/C34H35ClFN3O5S/c1-3-37-34(41)32(22-25-8-6-5-7-9-25)38(23-26-10-12-27(35)13-11-26)33(40)24-39(29-16-18-30(19-17-29)44-4-2)45(42,43)31-20-14-28(36)15-21-31/h5-21,32H,3-4,22-24H2,1-2H3,(H,37,41)/t32-/m1/s1. The van der Waals surface area contributed by atoms with Crippen LogP contribution in [0.4, 0.5) is 10.1 Å². The van der Waals surface area contributed by atoms with Crippen LogP contribution in [-0.4, -0.2) is 50.9 Å². The molecule has 0 aromatic heterocycles. The second kappa shape index (κ2) is 15.5. The van der Waals surface area contributed by atoms with Crippen molar-refractivity contribution in [1.29, 1.82) is 0 Å². The number of carbonyl (C=O) groups excluding carboxylic acids is 2. The molecule has 0 bridgehead atoms. The van der Waals surface area contributed by atoms with Gasteiger partial charge in [0.05, 0.1) is 17.2 Å². The molecule has 0 spiro atoms. The van der Waals surface area contributed by atoms with Crippen LogP contribution in [-0.2, 0) is 32.6 Å². The van der Waals surface area contributed by atoms with Gasteiger partial charge in [-0.05, 0) is 85.6 Å². The first-order valence-corrected chi connectivity index (χ1v) is 16.3. The van der Waals surface area contributed by atoms with Gasteiger partial charge in [-0.1, -0.05) is 54.1 Å². The van der Waals surface area contributed by atoms with Crippen molar-refractivity contribution in [3.05, 3.63) is 125 Å². The predicted molar refractivity (Wildman–Crippen MR) is 173 cm³/mol. The number of sulfonamides is 1. The maximum Gasteiger partial charge on any atom is 0.264 e. The Hall–Kier alpha value is -4.41. The third-order valence-corrected chi connectivity index (χ3v) is 9.04. The van der Waals surface area contributed by atoms with E-state index in [2.05, 4.69) is 5.32 Å². The minimum absolute atomic E-state index is 0.0123. The highest BCUT2D eigenvalue weighted by molar-refractivity contribution is 7.92. The summed E-state index contributed by atoms with van der Waals surface area (Å²) in [5.41, 5.74) is 1.72. The van der Waals surface area contributed by atoms with Gasteiger partial charge in [0.25, 0.3) is 10.0 Å². The number of likely N-dealkylation sites (N-methyl/N-ethyl adjacent to an activating group) is 1. The summed E-state index contributed by atoms with van der Waals surface area (Å²) in [5, 5.41) is 3.33. The van der Waals surface area contributed by atoms with Gasteiger partial charge in [0.1, 0.15) is 24.2 Å². The van der Waals surface area contributed by atoms with Crippen LogP contribution in [0.3, 0.4) is 0 Å². The van der Waals surface area contributed by atoms with Crippen molar-refractivity contribution in [2.24, 2.45) is 0 Å². The molecular weight excluding hydrogens is 617 g/mol. The van der Waals surface area contributed by atoms with E-state index in [9.17, 15) is 22.4 Å². The van der Waals surface area contributed by atoms with E-state index in [1.54, 1.807) is 43.3 Å². The normalized spacial score (nSPS) is 11.8. The monoisotopic (exact) mass is 651 g/mol. The molecule has 236 valence electrons. The fourth-order valence-electron chi connectivity index (χ4n) is 4.77. The van der Waals surface area contributed by atoms with E-state index in [0.717, 1.165) is 34.1 Å². The zero-order valence-corrected chi connectivity index (χ0v) is 26.6. The van der Waals surface area contributed by atoms with Crippen LogP contribution < -0.4 is 14.4 Å². The van der Waals surface area contributed by atoms with Gasteiger partial charge >= 0.3 is 0 Å². The third-order valence-electron chi connectivity index (χ3n) is 7.00. The number of ether oxygens (including phenoxy) is 1. The summed E-state index contributed by atoms with van der Waals surface area (Å²) >= 11 is 6.11. The molecule has 8 nitrogen and oxygen atoms in total. The second-order valence-corrected chi connectivity index (χ2v) is 12.4. The predicted octanol–water partition coefficient (Wildman–Crippen LogP) is 5.85. The zero-order valence-electron chi connectivity index (χ0n) is 25.0. The van der Waals surface area contributed by atoms with Crippen LogP contribution in [0.5, 0.6) is 5.75 Å². The summed E-state index contributed by atoms with van der Waals surface area (Å²) < 4.78 is 48.2. The quantitative estimate of drug-likeness (QED) is 0.185. The van der Waals surface area contributed by atoms with Crippen LogP contribution in [0.2, 0.25) is 5.02 Å². The Morgan fingerprint density at radius 2 is 1.51 bits per heavy atom. The number of hydrogen-bond acceptors (Lipinski definition) is 5. The molecule has 0 aliphatic carbocycles. The van der Waals surface area contributed by atoms with Crippen LogP contribution in [0.1, 0.15) is 25.0 Å². The fourth-order valence-corrected chi connectivity index (χ4v) is 6.31. The SMILES string of the molecule is CCNC(=O)[C@@H](Cc1ccccc1)N(Cc1ccc(Cl)cc1)C(=O)CN(c1ccc(OCC)cc1)S(=O)(=O)c1ccc(F)cc1. The Kier molecular flexibility index (Phi) is 11.6. The summed E-state index contributed by atoms with van der Waals surface area (Å²) in [6.45, 7) is 3.74. The Morgan fingerprint density at radius 1 is 0.867 bits per heavy atom. The maximum atomic E-state index is 14.4. The van der Waals surface area contributed by atoms with Crippen LogP contribution in [0.15, 0.2) is 108 Å². The average Bonchev–Trinajstić information content (AvgIpc) is 3.03. The molecule has 1 atom stereocenters. The number of anilines is 1. The van der Waals surface area contributed by atoms with Gasteiger partial charge < -0.3 is 15.0 Å². The molecule has 2 amide bonds. The summed E-state index contributed by atoms with van der Waals surface area (Å²) in [4.78, 5) is 29.1. The van der Waals surface area contributed by atoms with Crippen molar-refractivity contribution in [2.45, 2.75) is 37.8 Å². The van der Waals surface area contributed by atoms with Crippen molar-refractivity contribution >= 4 is 39.1 Å². The molecule has 4 aromatic rings. The van der Waals surface area contributed by atoms with Gasteiger partial charge in [-0.3, -0.25) is 13.9 Å². The fraction of sp³-hybridized carbons (Fsp3) is 0.235. The molecule has 4 aromatic carbocycles. The Morgan fingerprint density at radius 3 is 2.11 bits per heavy atom. The number of hydrogen-bond donors (Lipinski definition) is 1. The lowest BCUT2D eigenvalue weighted by Gasteiger charge is -2.34. The maximum absolute atomic E-state index is 14.4. The van der Waals surface area contributed by atoms with E-state index in [4.69, 9.17) is 16.3 Å². The molecule has 45 heavy (non-hydrogen) atoms. The zero-order chi connectivity index (χ0) is 32.4.